The van der Waals surface area contributed by atoms with Gasteiger partial charge in [-0.15, -0.1) is 0 Å². The van der Waals surface area contributed by atoms with E-state index in [1.54, 1.807) is 4.90 Å². The van der Waals surface area contributed by atoms with E-state index in [0.29, 0.717) is 25.3 Å². The van der Waals surface area contributed by atoms with E-state index in [0.717, 1.165) is 32.2 Å². The Kier molecular flexibility index (Phi) is 6.89. The molecule has 1 rings (SSSR count). The summed E-state index contributed by atoms with van der Waals surface area (Å²) in [5.74, 6) is -0.532. The lowest BCUT2D eigenvalue weighted by molar-refractivity contribution is -0.145. The van der Waals surface area contributed by atoms with Crippen molar-refractivity contribution in [2.45, 2.75) is 58.8 Å². The number of hydrogen-bond acceptors (Lipinski definition) is 2. The Hall–Kier alpha value is -1.06. The van der Waals surface area contributed by atoms with Crippen LogP contribution in [0.15, 0.2) is 0 Å². The number of carboxylic acid groups (broad SMARTS) is 1. The largest absolute Gasteiger partial charge is 0.481 e. The molecule has 0 saturated carbocycles. The average molecular weight is 269 g/mol. The Morgan fingerprint density at radius 3 is 2.68 bits per heavy atom. The minimum Gasteiger partial charge on any atom is -0.481 e. The zero-order chi connectivity index (χ0) is 14.3. The molecule has 1 heterocycles. The van der Waals surface area contributed by atoms with Gasteiger partial charge in [-0.3, -0.25) is 9.59 Å². The molecule has 4 heteroatoms. The van der Waals surface area contributed by atoms with Crippen LogP contribution in [0, 0.1) is 11.8 Å². The average Bonchev–Trinajstić information content (AvgIpc) is 2.43. The monoisotopic (exact) mass is 269 g/mol. The summed E-state index contributed by atoms with van der Waals surface area (Å²) in [6.45, 7) is 5.42. The van der Waals surface area contributed by atoms with Crippen LogP contribution in [0.4, 0.5) is 0 Å². The van der Waals surface area contributed by atoms with Crippen LogP contribution in [0.25, 0.3) is 0 Å². The van der Waals surface area contributed by atoms with Gasteiger partial charge in [-0.25, -0.2) is 0 Å². The Morgan fingerprint density at radius 2 is 2.11 bits per heavy atom. The first-order valence-corrected chi connectivity index (χ1v) is 7.59. The second kappa shape index (κ2) is 8.18. The molecule has 1 saturated heterocycles. The second-order valence-corrected chi connectivity index (χ2v) is 5.64. The fourth-order valence-electron chi connectivity index (χ4n) is 2.72. The first kappa shape index (κ1) is 16.0. The number of carbonyl (C=O) groups excluding carboxylic acids is 1. The Bertz CT molecular complexity index is 304. The Morgan fingerprint density at radius 1 is 1.37 bits per heavy atom. The van der Waals surface area contributed by atoms with Gasteiger partial charge in [0.2, 0.25) is 5.91 Å². The number of rotatable bonds is 7. The van der Waals surface area contributed by atoms with Crippen LogP contribution in [-0.4, -0.2) is 35.0 Å². The fraction of sp³-hybridized carbons (Fsp3) is 0.867. The highest BCUT2D eigenvalue weighted by Crippen LogP contribution is 2.21. The molecule has 0 aromatic rings. The molecular weight excluding hydrogens is 242 g/mol. The number of aliphatic carboxylic acids is 1. The van der Waals surface area contributed by atoms with Gasteiger partial charge < -0.3 is 10.0 Å². The summed E-state index contributed by atoms with van der Waals surface area (Å²) in [7, 11) is 0. The summed E-state index contributed by atoms with van der Waals surface area (Å²) in [6.07, 6.45) is 6.57. The SMILES string of the molecule is CCCCC(CC)CC(=O)N1CCC[C@H](C(=O)O)C1. The molecule has 4 nitrogen and oxygen atoms in total. The highest BCUT2D eigenvalue weighted by Gasteiger charge is 2.28. The van der Waals surface area contributed by atoms with Crippen molar-refractivity contribution in [3.05, 3.63) is 0 Å². The lowest BCUT2D eigenvalue weighted by atomic mass is 9.93. The van der Waals surface area contributed by atoms with Crippen LogP contribution in [0.5, 0.6) is 0 Å². The molecule has 1 N–H and O–H groups in total. The maximum Gasteiger partial charge on any atom is 0.308 e. The van der Waals surface area contributed by atoms with Gasteiger partial charge in [0, 0.05) is 19.5 Å². The van der Waals surface area contributed by atoms with E-state index in [2.05, 4.69) is 13.8 Å². The van der Waals surface area contributed by atoms with Gasteiger partial charge in [0.15, 0.2) is 0 Å². The number of piperidine rings is 1. The number of carbonyl (C=O) groups is 2. The van der Waals surface area contributed by atoms with E-state index in [4.69, 9.17) is 5.11 Å². The van der Waals surface area contributed by atoms with E-state index in [-0.39, 0.29) is 11.8 Å². The van der Waals surface area contributed by atoms with Gasteiger partial charge in [0.25, 0.3) is 0 Å². The van der Waals surface area contributed by atoms with Crippen molar-refractivity contribution in [1.82, 2.24) is 4.90 Å². The van der Waals surface area contributed by atoms with Crippen LogP contribution in [0.1, 0.15) is 58.8 Å². The fourth-order valence-corrected chi connectivity index (χ4v) is 2.72. The van der Waals surface area contributed by atoms with Crippen LogP contribution in [0.2, 0.25) is 0 Å². The molecule has 0 aliphatic carbocycles. The number of nitrogens with zero attached hydrogens (tertiary/aromatic N) is 1. The molecular formula is C15H27NO3. The molecule has 0 radical (unpaired) electrons. The van der Waals surface area contributed by atoms with Crippen molar-refractivity contribution in [2.75, 3.05) is 13.1 Å². The first-order chi connectivity index (χ1) is 9.08. The molecule has 0 bridgehead atoms. The highest BCUT2D eigenvalue weighted by atomic mass is 16.4. The van der Waals surface area contributed by atoms with Crippen molar-refractivity contribution in [2.24, 2.45) is 11.8 Å². The maximum atomic E-state index is 12.2. The molecule has 1 amide bonds. The van der Waals surface area contributed by atoms with Gasteiger partial charge in [-0.1, -0.05) is 33.1 Å². The molecule has 2 atom stereocenters. The third kappa shape index (κ3) is 5.21. The number of unbranched alkanes of at least 4 members (excludes halogenated alkanes) is 1. The van der Waals surface area contributed by atoms with Crippen LogP contribution in [-0.2, 0) is 9.59 Å². The molecule has 0 aromatic carbocycles. The predicted molar refractivity (Wildman–Crippen MR) is 74.9 cm³/mol. The summed E-state index contributed by atoms with van der Waals surface area (Å²) < 4.78 is 0. The quantitative estimate of drug-likeness (QED) is 0.773. The third-order valence-corrected chi connectivity index (χ3v) is 4.13. The van der Waals surface area contributed by atoms with E-state index in [1.165, 1.54) is 6.42 Å². The van der Waals surface area contributed by atoms with Crippen LogP contribution in [0.3, 0.4) is 0 Å². The zero-order valence-corrected chi connectivity index (χ0v) is 12.2. The number of hydrogen-bond donors (Lipinski definition) is 1. The van der Waals surface area contributed by atoms with Crippen molar-refractivity contribution < 1.29 is 14.7 Å². The zero-order valence-electron chi connectivity index (χ0n) is 12.2. The Labute approximate surface area is 116 Å². The molecule has 110 valence electrons. The van der Waals surface area contributed by atoms with Gasteiger partial charge in [0.05, 0.1) is 5.92 Å². The van der Waals surface area contributed by atoms with Crippen molar-refractivity contribution in [1.29, 1.82) is 0 Å². The second-order valence-electron chi connectivity index (χ2n) is 5.64. The normalized spacial score (nSPS) is 21.2. The summed E-state index contributed by atoms with van der Waals surface area (Å²) in [6, 6.07) is 0. The lowest BCUT2D eigenvalue weighted by Gasteiger charge is -2.31. The molecule has 1 aliphatic rings. The van der Waals surface area contributed by atoms with Gasteiger partial charge >= 0.3 is 5.97 Å². The van der Waals surface area contributed by atoms with Crippen molar-refractivity contribution in [3.8, 4) is 0 Å². The third-order valence-electron chi connectivity index (χ3n) is 4.13. The number of likely N-dealkylation sites (tertiary alicyclic amines) is 1. The predicted octanol–water partition coefficient (Wildman–Crippen LogP) is 2.92. The van der Waals surface area contributed by atoms with Gasteiger partial charge in [-0.05, 0) is 25.2 Å². The molecule has 1 fully saturated rings. The van der Waals surface area contributed by atoms with E-state index < -0.39 is 5.97 Å². The van der Waals surface area contributed by atoms with Gasteiger partial charge in [0.1, 0.15) is 0 Å². The minimum atomic E-state index is -0.768. The topological polar surface area (TPSA) is 57.6 Å². The smallest absolute Gasteiger partial charge is 0.308 e. The van der Waals surface area contributed by atoms with Crippen LogP contribution < -0.4 is 0 Å². The molecule has 1 unspecified atom stereocenters. The minimum absolute atomic E-state index is 0.147. The van der Waals surface area contributed by atoms with Crippen LogP contribution >= 0.6 is 0 Å². The lowest BCUT2D eigenvalue weighted by Crippen LogP contribution is -2.42. The summed E-state index contributed by atoms with van der Waals surface area (Å²) in [4.78, 5) is 25.0. The van der Waals surface area contributed by atoms with E-state index in [9.17, 15) is 9.59 Å². The summed E-state index contributed by atoms with van der Waals surface area (Å²) in [5.41, 5.74) is 0. The molecule has 0 aromatic heterocycles. The van der Waals surface area contributed by atoms with Crippen molar-refractivity contribution >= 4 is 11.9 Å². The Balaban J connectivity index is 2.45. The first-order valence-electron chi connectivity index (χ1n) is 7.59. The highest BCUT2D eigenvalue weighted by molar-refractivity contribution is 5.78. The molecule has 19 heavy (non-hydrogen) atoms. The summed E-state index contributed by atoms with van der Waals surface area (Å²) in [5, 5.41) is 9.04. The maximum absolute atomic E-state index is 12.2. The standard InChI is InChI=1S/C15H27NO3/c1-3-5-7-12(4-2)10-14(17)16-9-6-8-13(11-16)15(18)19/h12-13H,3-11H2,1-2H3,(H,18,19)/t12?,13-/m0/s1. The summed E-state index contributed by atoms with van der Waals surface area (Å²) >= 11 is 0. The van der Waals surface area contributed by atoms with Crippen molar-refractivity contribution in [3.63, 3.8) is 0 Å². The van der Waals surface area contributed by atoms with E-state index in [1.807, 2.05) is 0 Å². The van der Waals surface area contributed by atoms with E-state index >= 15 is 0 Å². The molecule has 0 spiro atoms. The molecule has 1 aliphatic heterocycles. The number of amides is 1. The number of carboxylic acids is 1. The van der Waals surface area contributed by atoms with Gasteiger partial charge in [-0.2, -0.15) is 0 Å².